The van der Waals surface area contributed by atoms with Crippen molar-refractivity contribution in [3.05, 3.63) is 0 Å². The quantitative estimate of drug-likeness (QED) is 0.615. The van der Waals surface area contributed by atoms with Crippen LogP contribution in [0.15, 0.2) is 0 Å². The van der Waals surface area contributed by atoms with E-state index in [1.165, 1.54) is 7.11 Å². The topological polar surface area (TPSA) is 66.8 Å². The van der Waals surface area contributed by atoms with Crippen LogP contribution in [0.1, 0.15) is 12.8 Å². The fraction of sp³-hybridized carbons (Fsp3) is 0.750. The van der Waals surface area contributed by atoms with Crippen LogP contribution in [-0.4, -0.2) is 48.2 Å². The molecule has 0 saturated carbocycles. The summed E-state index contributed by atoms with van der Waals surface area (Å²) in [4.78, 5) is 23.2. The monoisotopic (exact) mass is 187 g/mol. The minimum absolute atomic E-state index is 0.0769. The van der Waals surface area contributed by atoms with Crippen molar-refractivity contribution in [3.8, 4) is 0 Å². The summed E-state index contributed by atoms with van der Waals surface area (Å²) in [5.41, 5.74) is 0. The predicted molar refractivity (Wildman–Crippen MR) is 44.2 cm³/mol. The second kappa shape index (κ2) is 4.23. The smallest absolute Gasteiger partial charge is 0.320 e. The van der Waals surface area contributed by atoms with Gasteiger partial charge in [-0.25, -0.2) is 0 Å². The number of carbonyl (C=O) groups is 2. The number of carboxylic acid groups (broad SMARTS) is 1. The molecule has 0 amide bonds. The van der Waals surface area contributed by atoms with Crippen molar-refractivity contribution in [2.45, 2.75) is 18.9 Å². The van der Waals surface area contributed by atoms with Crippen LogP contribution in [0.3, 0.4) is 0 Å². The largest absolute Gasteiger partial charge is 0.480 e. The number of methoxy groups -OCH3 is 1. The van der Waals surface area contributed by atoms with E-state index in [-0.39, 0.29) is 12.5 Å². The SMILES string of the molecule is COC(=O)CN1CCC[C@H]1C(=O)O. The van der Waals surface area contributed by atoms with Gasteiger partial charge in [0.15, 0.2) is 0 Å². The molecule has 5 heteroatoms. The normalized spacial score (nSPS) is 23.0. The van der Waals surface area contributed by atoms with Gasteiger partial charge in [-0.05, 0) is 19.4 Å². The molecule has 0 spiro atoms. The number of carbonyl (C=O) groups excluding carboxylic acids is 1. The Labute approximate surface area is 76.3 Å². The Hall–Kier alpha value is -1.10. The molecule has 0 aliphatic carbocycles. The lowest BCUT2D eigenvalue weighted by molar-refractivity contribution is -0.146. The lowest BCUT2D eigenvalue weighted by Crippen LogP contribution is -2.39. The van der Waals surface area contributed by atoms with Crippen LogP contribution in [0.5, 0.6) is 0 Å². The Morgan fingerprint density at radius 2 is 2.31 bits per heavy atom. The summed E-state index contributed by atoms with van der Waals surface area (Å²) < 4.78 is 4.47. The van der Waals surface area contributed by atoms with Gasteiger partial charge in [0.1, 0.15) is 6.04 Å². The summed E-state index contributed by atoms with van der Waals surface area (Å²) >= 11 is 0. The van der Waals surface area contributed by atoms with Crippen molar-refractivity contribution in [3.63, 3.8) is 0 Å². The molecule has 5 nitrogen and oxygen atoms in total. The molecule has 0 aromatic carbocycles. The van der Waals surface area contributed by atoms with E-state index in [2.05, 4.69) is 4.74 Å². The molecule has 1 rings (SSSR count). The van der Waals surface area contributed by atoms with Gasteiger partial charge in [0.2, 0.25) is 0 Å². The molecule has 1 heterocycles. The molecule has 1 saturated heterocycles. The van der Waals surface area contributed by atoms with Crippen molar-refractivity contribution < 1.29 is 19.4 Å². The fourth-order valence-electron chi connectivity index (χ4n) is 1.53. The molecule has 74 valence electrons. The Balaban J connectivity index is 2.48. The molecular formula is C8H13NO4. The van der Waals surface area contributed by atoms with Crippen molar-refractivity contribution in [2.24, 2.45) is 0 Å². The Kier molecular flexibility index (Phi) is 3.25. The van der Waals surface area contributed by atoms with Gasteiger partial charge in [0.05, 0.1) is 13.7 Å². The second-order valence-corrected chi connectivity index (χ2v) is 3.04. The predicted octanol–water partition coefficient (Wildman–Crippen LogP) is -0.292. The number of nitrogens with zero attached hydrogens (tertiary/aromatic N) is 1. The Morgan fingerprint density at radius 3 is 2.85 bits per heavy atom. The summed E-state index contributed by atoms with van der Waals surface area (Å²) in [6, 6.07) is -0.515. The van der Waals surface area contributed by atoms with Gasteiger partial charge in [-0.2, -0.15) is 0 Å². The van der Waals surface area contributed by atoms with E-state index in [9.17, 15) is 9.59 Å². The first-order valence-electron chi connectivity index (χ1n) is 4.19. The second-order valence-electron chi connectivity index (χ2n) is 3.04. The van der Waals surface area contributed by atoms with E-state index in [1.54, 1.807) is 4.90 Å². The molecule has 13 heavy (non-hydrogen) atoms. The first kappa shape index (κ1) is 9.98. The molecular weight excluding hydrogens is 174 g/mol. The van der Waals surface area contributed by atoms with Gasteiger partial charge in [-0.15, -0.1) is 0 Å². The Morgan fingerprint density at radius 1 is 1.62 bits per heavy atom. The number of aliphatic carboxylic acids is 1. The maximum atomic E-state index is 10.9. The molecule has 0 aromatic rings. The Bertz CT molecular complexity index is 216. The van der Waals surface area contributed by atoms with Crippen LogP contribution in [0.25, 0.3) is 0 Å². The van der Waals surface area contributed by atoms with Crippen molar-refractivity contribution in [2.75, 3.05) is 20.2 Å². The van der Waals surface area contributed by atoms with E-state index in [1.807, 2.05) is 0 Å². The van der Waals surface area contributed by atoms with Crippen molar-refractivity contribution >= 4 is 11.9 Å². The van der Waals surface area contributed by atoms with E-state index >= 15 is 0 Å². The number of ether oxygens (including phenoxy) is 1. The van der Waals surface area contributed by atoms with Crippen molar-refractivity contribution in [1.82, 2.24) is 4.90 Å². The lowest BCUT2D eigenvalue weighted by Gasteiger charge is -2.18. The highest BCUT2D eigenvalue weighted by Crippen LogP contribution is 2.16. The standard InChI is InChI=1S/C8H13NO4/c1-13-7(10)5-9-4-2-3-6(9)8(11)12/h6H,2-5H2,1H3,(H,11,12)/t6-/m0/s1. The van der Waals surface area contributed by atoms with Gasteiger partial charge in [0.25, 0.3) is 0 Å². The van der Waals surface area contributed by atoms with Crippen LogP contribution in [0, 0.1) is 0 Å². The molecule has 1 atom stereocenters. The maximum absolute atomic E-state index is 10.9. The summed E-state index contributed by atoms with van der Waals surface area (Å²) in [5, 5.41) is 8.78. The number of carboxylic acids is 1. The first-order chi connectivity index (χ1) is 6.15. The fourth-order valence-corrected chi connectivity index (χ4v) is 1.53. The highest BCUT2D eigenvalue weighted by Gasteiger charge is 2.31. The molecule has 1 fully saturated rings. The number of esters is 1. The van der Waals surface area contributed by atoms with Crippen molar-refractivity contribution in [1.29, 1.82) is 0 Å². The molecule has 0 aromatic heterocycles. The van der Waals surface area contributed by atoms with E-state index in [4.69, 9.17) is 5.11 Å². The number of rotatable bonds is 3. The minimum Gasteiger partial charge on any atom is -0.480 e. The third-order valence-electron chi connectivity index (χ3n) is 2.21. The van der Waals surface area contributed by atoms with E-state index < -0.39 is 12.0 Å². The van der Waals surface area contributed by atoms with Crippen LogP contribution < -0.4 is 0 Å². The molecule has 0 unspecified atom stereocenters. The molecule has 1 aliphatic rings. The third kappa shape index (κ3) is 2.42. The highest BCUT2D eigenvalue weighted by molar-refractivity contribution is 5.76. The average molecular weight is 187 g/mol. The highest BCUT2D eigenvalue weighted by atomic mass is 16.5. The zero-order chi connectivity index (χ0) is 9.84. The third-order valence-corrected chi connectivity index (χ3v) is 2.21. The molecule has 0 bridgehead atoms. The van der Waals surface area contributed by atoms with Gasteiger partial charge in [-0.3, -0.25) is 14.5 Å². The first-order valence-corrected chi connectivity index (χ1v) is 4.19. The minimum atomic E-state index is -0.860. The maximum Gasteiger partial charge on any atom is 0.320 e. The molecule has 1 aliphatic heterocycles. The van der Waals surface area contributed by atoms with Gasteiger partial charge < -0.3 is 9.84 Å². The summed E-state index contributed by atoms with van der Waals surface area (Å²) in [6.07, 6.45) is 1.44. The van der Waals surface area contributed by atoms with E-state index in [0.29, 0.717) is 13.0 Å². The van der Waals surface area contributed by atoms with Crippen LogP contribution in [0.4, 0.5) is 0 Å². The zero-order valence-electron chi connectivity index (χ0n) is 7.52. The van der Waals surface area contributed by atoms with Gasteiger partial charge in [-0.1, -0.05) is 0 Å². The van der Waals surface area contributed by atoms with Crippen LogP contribution in [0.2, 0.25) is 0 Å². The van der Waals surface area contributed by atoms with Crippen LogP contribution in [-0.2, 0) is 14.3 Å². The summed E-state index contributed by atoms with van der Waals surface area (Å²) in [6.45, 7) is 0.736. The average Bonchev–Trinajstić information content (AvgIpc) is 2.52. The lowest BCUT2D eigenvalue weighted by atomic mass is 10.2. The number of likely N-dealkylation sites (tertiary alicyclic amines) is 1. The van der Waals surface area contributed by atoms with E-state index in [0.717, 1.165) is 6.42 Å². The zero-order valence-corrected chi connectivity index (χ0v) is 7.52. The number of hydrogen-bond acceptors (Lipinski definition) is 4. The molecule has 0 radical (unpaired) electrons. The molecule has 1 N–H and O–H groups in total. The van der Waals surface area contributed by atoms with Gasteiger partial charge in [0, 0.05) is 0 Å². The summed E-state index contributed by atoms with van der Waals surface area (Å²) in [5.74, 6) is -1.24. The van der Waals surface area contributed by atoms with Crippen LogP contribution >= 0.6 is 0 Å². The van der Waals surface area contributed by atoms with Gasteiger partial charge >= 0.3 is 11.9 Å². The summed E-state index contributed by atoms with van der Waals surface area (Å²) in [7, 11) is 1.30. The number of hydrogen-bond donors (Lipinski definition) is 1.